The Bertz CT molecular complexity index is 364. The number of pyridine rings is 1. The van der Waals surface area contributed by atoms with E-state index in [1.54, 1.807) is 3.71 Å². The molecule has 1 heterocycles. The normalized spacial score (nSPS) is 11.8. The molecular weight excluding hydrogens is 361 g/mol. The van der Waals surface area contributed by atoms with Crippen LogP contribution in [0.2, 0.25) is 13.3 Å². The summed E-state index contributed by atoms with van der Waals surface area (Å²) in [6, 6.07) is 4.69. The Balaban J connectivity index is 2.97. The van der Waals surface area contributed by atoms with Crippen molar-refractivity contribution in [3.63, 3.8) is 0 Å². The Hall–Kier alpha value is -0.0513. The Kier molecular flexibility index (Phi) is 9.62. The monoisotopic (exact) mass is 397 g/mol. The molecule has 0 saturated heterocycles. The second-order valence-corrected chi connectivity index (χ2v) is 19.7. The van der Waals surface area contributed by atoms with E-state index in [1.165, 1.54) is 63.8 Å². The minimum atomic E-state index is -2.26. The molecule has 0 bridgehead atoms. The zero-order chi connectivity index (χ0) is 15.6. The van der Waals surface area contributed by atoms with Gasteiger partial charge in [-0.1, -0.05) is 0 Å². The summed E-state index contributed by atoms with van der Waals surface area (Å²) in [5.74, 6) is 0. The summed E-state index contributed by atoms with van der Waals surface area (Å²) in [5, 5.41) is 0. The summed E-state index contributed by atoms with van der Waals surface area (Å²) in [5.41, 5.74) is 1.30. The number of aryl methyl sites for hydroxylation is 1. The molecule has 120 valence electrons. The van der Waals surface area contributed by atoms with Crippen LogP contribution in [0, 0.1) is 6.92 Å². The number of unbranched alkanes of at least 4 members (excludes halogenated alkanes) is 4. The topological polar surface area (TPSA) is 12.9 Å². The molecule has 0 spiro atoms. The molecule has 2 heteroatoms. The molecule has 0 aliphatic rings. The van der Waals surface area contributed by atoms with Crippen LogP contribution in [0.25, 0.3) is 0 Å². The van der Waals surface area contributed by atoms with Gasteiger partial charge in [-0.15, -0.1) is 0 Å². The van der Waals surface area contributed by atoms with Gasteiger partial charge in [-0.3, -0.25) is 0 Å². The van der Waals surface area contributed by atoms with Gasteiger partial charge in [-0.25, -0.2) is 0 Å². The van der Waals surface area contributed by atoms with Gasteiger partial charge in [0.05, 0.1) is 0 Å². The standard InChI is InChI=1S/C6H6N.C5H11.2C4H9.Sn/c1-6-3-2-4-7-5-6;1-3-5-4-2;2*1-3-4-2;/h2-3,5H,1H3;1,3-5H2,2H3;2*1,3-4H2,2H3;. The summed E-state index contributed by atoms with van der Waals surface area (Å²) < 4.78 is 6.13. The molecule has 0 aliphatic carbocycles. The van der Waals surface area contributed by atoms with Gasteiger partial charge in [-0.05, 0) is 0 Å². The van der Waals surface area contributed by atoms with Gasteiger partial charge in [0.15, 0.2) is 0 Å². The van der Waals surface area contributed by atoms with E-state index in [2.05, 4.69) is 46.0 Å². The molecule has 0 saturated carbocycles. The number of nitrogens with zero attached hydrogens (tertiary/aromatic N) is 1. The van der Waals surface area contributed by atoms with Crippen LogP contribution in [0.5, 0.6) is 0 Å². The van der Waals surface area contributed by atoms with E-state index in [1.807, 2.05) is 0 Å². The van der Waals surface area contributed by atoms with Crippen molar-refractivity contribution < 1.29 is 0 Å². The van der Waals surface area contributed by atoms with E-state index in [0.717, 1.165) is 0 Å². The van der Waals surface area contributed by atoms with Crippen LogP contribution in [0.15, 0.2) is 18.3 Å². The first-order valence-electron chi connectivity index (χ1n) is 9.11. The number of aromatic nitrogens is 1. The Morgan fingerprint density at radius 1 is 0.810 bits per heavy atom. The first kappa shape index (κ1) is 19.0. The summed E-state index contributed by atoms with van der Waals surface area (Å²) in [4.78, 5) is 4.93. The zero-order valence-electron chi connectivity index (χ0n) is 14.8. The molecule has 1 aromatic heterocycles. The van der Waals surface area contributed by atoms with Crippen molar-refractivity contribution in [3.05, 3.63) is 23.9 Å². The summed E-state index contributed by atoms with van der Waals surface area (Å²) in [7, 11) is 0. The van der Waals surface area contributed by atoms with Gasteiger partial charge in [-0.2, -0.15) is 0 Å². The van der Waals surface area contributed by atoms with Crippen LogP contribution < -0.4 is 3.71 Å². The quantitative estimate of drug-likeness (QED) is 0.339. The van der Waals surface area contributed by atoms with Gasteiger partial charge in [0, 0.05) is 0 Å². The molecule has 0 N–H and O–H groups in total. The molecule has 0 amide bonds. The zero-order valence-corrected chi connectivity index (χ0v) is 17.6. The predicted molar refractivity (Wildman–Crippen MR) is 98.1 cm³/mol. The molecule has 0 atom stereocenters. The van der Waals surface area contributed by atoms with E-state index < -0.39 is 18.4 Å². The van der Waals surface area contributed by atoms with Crippen molar-refractivity contribution in [1.29, 1.82) is 0 Å². The van der Waals surface area contributed by atoms with Crippen LogP contribution in [0.4, 0.5) is 0 Å². The van der Waals surface area contributed by atoms with Crippen molar-refractivity contribution in [2.45, 2.75) is 86.0 Å². The molecular formula is C19H35NSn. The van der Waals surface area contributed by atoms with Crippen LogP contribution in [0.3, 0.4) is 0 Å². The van der Waals surface area contributed by atoms with Crippen molar-refractivity contribution in [2.24, 2.45) is 0 Å². The molecule has 0 aromatic carbocycles. The maximum atomic E-state index is 4.93. The number of hydrogen-bond acceptors (Lipinski definition) is 1. The molecule has 1 nitrogen and oxygen atoms in total. The van der Waals surface area contributed by atoms with Crippen LogP contribution in [-0.4, -0.2) is 23.4 Å². The summed E-state index contributed by atoms with van der Waals surface area (Å²) in [6.07, 6.45) is 11.8. The fraction of sp³-hybridized carbons (Fsp3) is 0.737. The van der Waals surface area contributed by atoms with Gasteiger partial charge in [0.25, 0.3) is 0 Å². The second-order valence-electron chi connectivity index (χ2n) is 6.67. The molecule has 0 fully saturated rings. The van der Waals surface area contributed by atoms with E-state index in [-0.39, 0.29) is 0 Å². The van der Waals surface area contributed by atoms with E-state index in [0.29, 0.717) is 0 Å². The maximum absolute atomic E-state index is 4.93. The summed E-state index contributed by atoms with van der Waals surface area (Å²) >= 11 is -2.26. The first-order chi connectivity index (χ1) is 10.2. The summed E-state index contributed by atoms with van der Waals surface area (Å²) in [6.45, 7) is 9.15. The second kappa shape index (κ2) is 10.6. The third-order valence-corrected chi connectivity index (χ3v) is 19.9. The predicted octanol–water partition coefficient (Wildman–Crippen LogP) is 5.84. The van der Waals surface area contributed by atoms with Gasteiger partial charge in [0.2, 0.25) is 0 Å². The number of hydrogen-bond donors (Lipinski definition) is 0. The Morgan fingerprint density at radius 3 is 1.86 bits per heavy atom. The van der Waals surface area contributed by atoms with Crippen LogP contribution >= 0.6 is 0 Å². The van der Waals surface area contributed by atoms with E-state index in [9.17, 15) is 0 Å². The molecule has 0 unspecified atom stereocenters. The molecule has 1 aromatic rings. The van der Waals surface area contributed by atoms with Crippen molar-refractivity contribution in [2.75, 3.05) is 0 Å². The van der Waals surface area contributed by atoms with Gasteiger partial charge >= 0.3 is 137 Å². The van der Waals surface area contributed by atoms with Gasteiger partial charge < -0.3 is 0 Å². The fourth-order valence-corrected chi connectivity index (χ4v) is 18.4. The molecule has 21 heavy (non-hydrogen) atoms. The van der Waals surface area contributed by atoms with Crippen molar-refractivity contribution >= 4 is 22.1 Å². The number of rotatable bonds is 11. The van der Waals surface area contributed by atoms with Crippen LogP contribution in [-0.2, 0) is 0 Å². The van der Waals surface area contributed by atoms with E-state index in [4.69, 9.17) is 4.98 Å². The third kappa shape index (κ3) is 6.30. The van der Waals surface area contributed by atoms with Crippen LogP contribution in [0.1, 0.15) is 71.3 Å². The molecule has 0 aliphatic heterocycles. The molecule has 1 rings (SSSR count). The van der Waals surface area contributed by atoms with Crippen molar-refractivity contribution in [3.8, 4) is 0 Å². The van der Waals surface area contributed by atoms with Gasteiger partial charge in [0.1, 0.15) is 0 Å². The molecule has 0 radical (unpaired) electrons. The Labute approximate surface area is 136 Å². The Morgan fingerprint density at radius 2 is 1.38 bits per heavy atom. The van der Waals surface area contributed by atoms with Crippen molar-refractivity contribution in [1.82, 2.24) is 4.98 Å². The average molecular weight is 396 g/mol. The first-order valence-corrected chi connectivity index (χ1v) is 16.6. The fourth-order valence-electron chi connectivity index (χ4n) is 3.28. The SMILES string of the molecule is CCCC[CH2][Sn]([CH2]CCC)([CH2]CCC)[c]1ccc(C)cn1. The average Bonchev–Trinajstić information content (AvgIpc) is 2.51. The van der Waals surface area contributed by atoms with E-state index >= 15 is 0 Å². The minimum absolute atomic E-state index is 1.30. The third-order valence-electron chi connectivity index (χ3n) is 4.73.